The Kier molecular flexibility index (Phi) is 4.19. The van der Waals surface area contributed by atoms with Crippen molar-refractivity contribution in [3.63, 3.8) is 0 Å². The third kappa shape index (κ3) is 3.08. The minimum Gasteiger partial charge on any atom is -0.293 e. The van der Waals surface area contributed by atoms with Gasteiger partial charge < -0.3 is 0 Å². The number of rotatable bonds is 2. The summed E-state index contributed by atoms with van der Waals surface area (Å²) in [6.45, 7) is 8.92. The fraction of sp³-hybridized carbons (Fsp3) is 0.571. The molecule has 0 aliphatic rings. The zero-order chi connectivity index (χ0) is 12.5. The Morgan fingerprint density at radius 1 is 1.19 bits per heavy atom. The molecule has 90 valence electrons. The van der Waals surface area contributed by atoms with E-state index in [1.54, 1.807) is 0 Å². The zero-order valence-corrected chi connectivity index (χ0v) is 12.7. The first-order valence-electron chi connectivity index (χ1n) is 5.65. The van der Waals surface area contributed by atoms with Gasteiger partial charge in [-0.15, -0.1) is 0 Å². The third-order valence-corrected chi connectivity index (χ3v) is 4.17. The van der Waals surface area contributed by atoms with Gasteiger partial charge in [-0.1, -0.05) is 54.9 Å². The summed E-state index contributed by atoms with van der Waals surface area (Å²) in [6, 6.07) is 6.76. The summed E-state index contributed by atoms with van der Waals surface area (Å²) in [5, 5.41) is 0. The Morgan fingerprint density at radius 2 is 1.75 bits per heavy atom. The van der Waals surface area contributed by atoms with Crippen LogP contribution in [0.25, 0.3) is 0 Å². The van der Waals surface area contributed by atoms with Crippen LogP contribution in [-0.4, -0.2) is 19.0 Å². The number of benzene rings is 1. The van der Waals surface area contributed by atoms with E-state index in [1.807, 2.05) is 0 Å². The van der Waals surface area contributed by atoms with E-state index in [4.69, 9.17) is 0 Å². The molecule has 1 aromatic rings. The van der Waals surface area contributed by atoms with Crippen molar-refractivity contribution in [3.05, 3.63) is 34.9 Å². The number of halogens is 1. The molecule has 0 aliphatic carbocycles. The van der Waals surface area contributed by atoms with Crippen LogP contribution in [0.4, 0.5) is 0 Å². The lowest BCUT2D eigenvalue weighted by molar-refractivity contribution is 0.396. The number of nitrogens with zero attached hydrogens (tertiary/aromatic N) is 1. The summed E-state index contributed by atoms with van der Waals surface area (Å²) >= 11 is 3.73. The van der Waals surface area contributed by atoms with Gasteiger partial charge in [-0.05, 0) is 43.1 Å². The van der Waals surface area contributed by atoms with Gasteiger partial charge in [0.2, 0.25) is 0 Å². The first-order valence-corrected chi connectivity index (χ1v) is 6.56. The highest BCUT2D eigenvalue weighted by Crippen LogP contribution is 2.31. The molecule has 2 heteroatoms. The maximum absolute atomic E-state index is 3.73. The van der Waals surface area contributed by atoms with Crippen molar-refractivity contribution >= 4 is 15.9 Å². The van der Waals surface area contributed by atoms with Gasteiger partial charge in [0, 0.05) is 0 Å². The third-order valence-electron chi connectivity index (χ3n) is 2.86. The molecular formula is C14H22BrN. The number of aryl methyl sites for hydroxylation is 1. The molecule has 1 unspecified atom stereocenters. The van der Waals surface area contributed by atoms with Crippen LogP contribution < -0.4 is 0 Å². The number of hydrogen-bond donors (Lipinski definition) is 0. The van der Waals surface area contributed by atoms with Gasteiger partial charge in [0.15, 0.2) is 0 Å². The maximum Gasteiger partial charge on any atom is 0.0909 e. The van der Waals surface area contributed by atoms with Gasteiger partial charge in [0.1, 0.15) is 0 Å². The van der Waals surface area contributed by atoms with Gasteiger partial charge in [0.05, 0.1) is 4.95 Å². The lowest BCUT2D eigenvalue weighted by atomic mass is 9.85. The molecular weight excluding hydrogens is 262 g/mol. The molecule has 0 spiro atoms. The van der Waals surface area contributed by atoms with Crippen LogP contribution in [-0.2, 0) is 5.41 Å². The molecule has 0 saturated heterocycles. The Morgan fingerprint density at radius 3 is 2.19 bits per heavy atom. The lowest BCUT2D eigenvalue weighted by Gasteiger charge is -2.25. The van der Waals surface area contributed by atoms with Crippen molar-refractivity contribution < 1.29 is 0 Å². The SMILES string of the molecule is Cc1ccc(C(C)(C)C)cc1C(Br)N(C)C. The Hall–Kier alpha value is -0.340. The molecule has 16 heavy (non-hydrogen) atoms. The summed E-state index contributed by atoms with van der Waals surface area (Å²) in [7, 11) is 4.17. The van der Waals surface area contributed by atoms with Crippen molar-refractivity contribution in [2.75, 3.05) is 14.1 Å². The quantitative estimate of drug-likeness (QED) is 0.579. The summed E-state index contributed by atoms with van der Waals surface area (Å²) in [4.78, 5) is 2.46. The molecule has 0 fully saturated rings. The largest absolute Gasteiger partial charge is 0.293 e. The monoisotopic (exact) mass is 283 g/mol. The average Bonchev–Trinajstić information content (AvgIpc) is 2.15. The highest BCUT2D eigenvalue weighted by molar-refractivity contribution is 9.09. The lowest BCUT2D eigenvalue weighted by Crippen LogP contribution is -2.17. The van der Waals surface area contributed by atoms with Gasteiger partial charge in [0.25, 0.3) is 0 Å². The topological polar surface area (TPSA) is 3.24 Å². The van der Waals surface area contributed by atoms with Crippen LogP contribution in [0, 0.1) is 6.92 Å². The minimum atomic E-state index is 0.210. The van der Waals surface area contributed by atoms with Crippen molar-refractivity contribution in [3.8, 4) is 0 Å². The molecule has 1 nitrogen and oxygen atoms in total. The first kappa shape index (κ1) is 13.7. The minimum absolute atomic E-state index is 0.210. The maximum atomic E-state index is 3.73. The standard InChI is InChI=1S/C14H22BrN/c1-10-7-8-11(14(2,3)4)9-12(10)13(15)16(5)6/h7-9,13H,1-6H3. The fourth-order valence-electron chi connectivity index (χ4n) is 1.64. The van der Waals surface area contributed by atoms with Crippen LogP contribution in [0.15, 0.2) is 18.2 Å². The van der Waals surface area contributed by atoms with E-state index >= 15 is 0 Å². The predicted octanol–water partition coefficient (Wildman–Crippen LogP) is 4.25. The first-order chi connectivity index (χ1) is 7.23. The molecule has 0 radical (unpaired) electrons. The average molecular weight is 284 g/mol. The molecule has 1 aromatic carbocycles. The normalized spacial score (nSPS) is 14.2. The predicted molar refractivity (Wildman–Crippen MR) is 75.2 cm³/mol. The molecule has 1 rings (SSSR count). The summed E-state index contributed by atoms with van der Waals surface area (Å²) < 4.78 is 0. The molecule has 0 N–H and O–H groups in total. The highest BCUT2D eigenvalue weighted by atomic mass is 79.9. The summed E-state index contributed by atoms with van der Waals surface area (Å²) in [6.07, 6.45) is 0. The highest BCUT2D eigenvalue weighted by Gasteiger charge is 2.18. The Balaban J connectivity index is 3.19. The van der Waals surface area contributed by atoms with E-state index in [0.29, 0.717) is 0 Å². The molecule has 0 bridgehead atoms. The molecule has 0 amide bonds. The second kappa shape index (κ2) is 4.89. The van der Waals surface area contributed by atoms with Crippen LogP contribution in [0.3, 0.4) is 0 Å². The van der Waals surface area contributed by atoms with E-state index in [-0.39, 0.29) is 10.4 Å². The Labute approximate surface area is 108 Å². The second-order valence-electron chi connectivity index (χ2n) is 5.62. The van der Waals surface area contributed by atoms with E-state index < -0.39 is 0 Å². The van der Waals surface area contributed by atoms with Crippen molar-refractivity contribution in [1.82, 2.24) is 4.90 Å². The zero-order valence-electron chi connectivity index (χ0n) is 11.1. The van der Waals surface area contributed by atoms with Crippen LogP contribution in [0.2, 0.25) is 0 Å². The molecule has 0 saturated carbocycles. The van der Waals surface area contributed by atoms with Gasteiger partial charge >= 0.3 is 0 Å². The van der Waals surface area contributed by atoms with E-state index in [1.165, 1.54) is 16.7 Å². The molecule has 1 atom stereocenters. The van der Waals surface area contributed by atoms with Crippen LogP contribution in [0.5, 0.6) is 0 Å². The van der Waals surface area contributed by atoms with E-state index in [9.17, 15) is 0 Å². The Bertz CT molecular complexity index is 363. The van der Waals surface area contributed by atoms with Crippen molar-refractivity contribution in [2.45, 2.75) is 38.1 Å². The summed E-state index contributed by atoms with van der Waals surface area (Å²) in [5.74, 6) is 0. The van der Waals surface area contributed by atoms with Crippen molar-refractivity contribution in [1.29, 1.82) is 0 Å². The van der Waals surface area contributed by atoms with Crippen LogP contribution >= 0.6 is 15.9 Å². The number of alkyl halides is 1. The fourth-order valence-corrected chi connectivity index (χ4v) is 2.14. The van der Waals surface area contributed by atoms with Crippen molar-refractivity contribution in [2.24, 2.45) is 0 Å². The molecule has 0 aromatic heterocycles. The number of hydrogen-bond acceptors (Lipinski definition) is 1. The summed E-state index contributed by atoms with van der Waals surface area (Å²) in [5.41, 5.74) is 4.29. The van der Waals surface area contributed by atoms with E-state index in [0.717, 1.165) is 0 Å². The van der Waals surface area contributed by atoms with Gasteiger partial charge in [-0.2, -0.15) is 0 Å². The van der Waals surface area contributed by atoms with Gasteiger partial charge in [-0.3, -0.25) is 4.90 Å². The molecule has 0 heterocycles. The smallest absolute Gasteiger partial charge is 0.0909 e. The molecule has 0 aliphatic heterocycles. The van der Waals surface area contributed by atoms with Gasteiger partial charge in [-0.25, -0.2) is 0 Å². The van der Waals surface area contributed by atoms with E-state index in [2.05, 4.69) is 80.8 Å². The van der Waals surface area contributed by atoms with Crippen LogP contribution in [0.1, 0.15) is 42.4 Å². The second-order valence-corrected chi connectivity index (χ2v) is 6.49.